The van der Waals surface area contributed by atoms with E-state index < -0.39 is 0 Å². The smallest absolute Gasteiger partial charge is 0.240 e. The van der Waals surface area contributed by atoms with Crippen molar-refractivity contribution in [3.05, 3.63) is 41.5 Å². The molecule has 2 aromatic rings. The van der Waals surface area contributed by atoms with Crippen LogP contribution in [0.2, 0.25) is 0 Å². The number of hydrogen-bond acceptors (Lipinski definition) is 4. The minimum absolute atomic E-state index is 0.272. The summed E-state index contributed by atoms with van der Waals surface area (Å²) >= 11 is 0. The van der Waals surface area contributed by atoms with E-state index in [1.807, 2.05) is 12.1 Å². The van der Waals surface area contributed by atoms with Gasteiger partial charge in [0, 0.05) is 24.1 Å². The summed E-state index contributed by atoms with van der Waals surface area (Å²) < 4.78 is 2.34. The van der Waals surface area contributed by atoms with Crippen LogP contribution in [0.3, 0.4) is 0 Å². The number of amides is 1. The molecule has 6 nitrogen and oxygen atoms in total. The zero-order valence-electron chi connectivity index (χ0n) is 13.6. The summed E-state index contributed by atoms with van der Waals surface area (Å²) in [4.78, 5) is 14.1. The van der Waals surface area contributed by atoms with Crippen molar-refractivity contribution in [2.45, 2.75) is 56.7 Å². The molecule has 1 aromatic carbocycles. The van der Waals surface area contributed by atoms with Crippen LogP contribution in [0.15, 0.2) is 24.3 Å². The maximum atomic E-state index is 12.0. The van der Waals surface area contributed by atoms with E-state index in [9.17, 15) is 4.79 Å². The van der Waals surface area contributed by atoms with E-state index in [0.717, 1.165) is 17.3 Å². The van der Waals surface area contributed by atoms with Crippen LogP contribution in [0.4, 0.5) is 5.69 Å². The molecule has 2 saturated carbocycles. The van der Waals surface area contributed by atoms with Gasteiger partial charge in [-0.05, 0) is 37.3 Å². The van der Waals surface area contributed by atoms with E-state index in [4.69, 9.17) is 5.73 Å². The molecule has 6 heteroatoms. The molecule has 0 unspecified atom stereocenters. The predicted molar refractivity (Wildman–Crippen MR) is 89.6 cm³/mol. The highest BCUT2D eigenvalue weighted by Crippen LogP contribution is 2.45. The number of anilines is 1. The fourth-order valence-electron chi connectivity index (χ4n) is 3.85. The molecule has 0 radical (unpaired) electrons. The molecule has 0 saturated heterocycles. The molecule has 2 fully saturated rings. The van der Waals surface area contributed by atoms with Crippen LogP contribution in [0, 0.1) is 0 Å². The second-order valence-electron chi connectivity index (χ2n) is 7.23. The van der Waals surface area contributed by atoms with Gasteiger partial charge in [0.15, 0.2) is 5.82 Å². The first-order valence-electron chi connectivity index (χ1n) is 8.80. The molecule has 2 N–H and O–H groups in total. The lowest BCUT2D eigenvalue weighted by Gasteiger charge is -2.25. The summed E-state index contributed by atoms with van der Waals surface area (Å²) in [5.41, 5.74) is 7.95. The molecule has 1 amide bonds. The fraction of sp³-hybridized carbons (Fsp3) is 0.500. The molecule has 0 spiro atoms. The largest absolute Gasteiger partial charge is 0.368 e. The Morgan fingerprint density at radius 1 is 1.17 bits per heavy atom. The van der Waals surface area contributed by atoms with Crippen molar-refractivity contribution in [3.8, 4) is 0 Å². The zero-order valence-corrected chi connectivity index (χ0v) is 13.6. The Labute approximate surface area is 140 Å². The van der Waals surface area contributed by atoms with Crippen LogP contribution in [-0.2, 0) is 17.8 Å². The first kappa shape index (κ1) is 14.0. The quantitative estimate of drug-likeness (QED) is 0.912. The number of primary amides is 1. The summed E-state index contributed by atoms with van der Waals surface area (Å²) in [6, 6.07) is 8.42. The van der Waals surface area contributed by atoms with Gasteiger partial charge >= 0.3 is 0 Å². The number of nitrogens with zero attached hydrogens (tertiary/aromatic N) is 4. The van der Waals surface area contributed by atoms with Crippen molar-refractivity contribution in [3.63, 3.8) is 0 Å². The van der Waals surface area contributed by atoms with Gasteiger partial charge in [-0.15, -0.1) is 10.2 Å². The first-order valence-corrected chi connectivity index (χ1v) is 8.80. The molecule has 5 rings (SSSR count). The topological polar surface area (TPSA) is 77.0 Å². The number of fused-ring (bicyclic) bond motifs is 1. The Hall–Kier alpha value is -2.37. The molecule has 1 atom stereocenters. The van der Waals surface area contributed by atoms with Crippen molar-refractivity contribution in [1.29, 1.82) is 0 Å². The normalized spacial score (nSPS) is 22.7. The van der Waals surface area contributed by atoms with Crippen LogP contribution in [0.25, 0.3) is 0 Å². The number of benzene rings is 1. The third kappa shape index (κ3) is 2.20. The SMILES string of the molecule is NC(=O)[C@@H]1Cc2ccccc2N1Cc1nnc(C2CC2)n1C1CC1. The standard InChI is InChI=1S/C18H21N5O/c19-17(24)15-9-12-3-1-2-4-14(12)22(15)10-16-20-21-18(11-5-6-11)23(16)13-7-8-13/h1-4,11,13,15H,5-10H2,(H2,19,24)/t15-/m0/s1. The number of rotatable bonds is 5. The van der Waals surface area contributed by atoms with E-state index in [2.05, 4.69) is 31.8 Å². The number of hydrogen-bond donors (Lipinski definition) is 1. The summed E-state index contributed by atoms with van der Waals surface area (Å²) in [5.74, 6) is 2.44. The summed E-state index contributed by atoms with van der Waals surface area (Å²) in [6.45, 7) is 0.598. The predicted octanol–water partition coefficient (Wildman–Crippen LogP) is 1.91. The second kappa shape index (κ2) is 5.06. The Balaban J connectivity index is 1.51. The van der Waals surface area contributed by atoms with Crippen molar-refractivity contribution in [2.75, 3.05) is 4.90 Å². The maximum Gasteiger partial charge on any atom is 0.240 e. The van der Waals surface area contributed by atoms with Crippen molar-refractivity contribution in [1.82, 2.24) is 14.8 Å². The third-order valence-corrected chi connectivity index (χ3v) is 5.38. The molecule has 0 bridgehead atoms. The molecule has 24 heavy (non-hydrogen) atoms. The molecular weight excluding hydrogens is 302 g/mol. The maximum absolute atomic E-state index is 12.0. The number of nitrogens with two attached hydrogens (primary N) is 1. The third-order valence-electron chi connectivity index (χ3n) is 5.38. The number of carbonyl (C=O) groups excluding carboxylic acids is 1. The van der Waals surface area contributed by atoms with Gasteiger partial charge in [0.1, 0.15) is 11.9 Å². The Morgan fingerprint density at radius 2 is 1.96 bits per heavy atom. The molecule has 124 valence electrons. The van der Waals surface area contributed by atoms with Gasteiger partial charge in [0.2, 0.25) is 5.91 Å². The van der Waals surface area contributed by atoms with Crippen LogP contribution in [-0.4, -0.2) is 26.7 Å². The van der Waals surface area contributed by atoms with Gasteiger partial charge in [-0.3, -0.25) is 4.79 Å². The van der Waals surface area contributed by atoms with E-state index in [0.29, 0.717) is 24.9 Å². The lowest BCUT2D eigenvalue weighted by molar-refractivity contribution is -0.119. The van der Waals surface area contributed by atoms with E-state index >= 15 is 0 Å². The number of carbonyl (C=O) groups is 1. The number of para-hydroxylation sites is 1. The van der Waals surface area contributed by atoms with Crippen LogP contribution >= 0.6 is 0 Å². The summed E-state index contributed by atoms with van der Waals surface area (Å²) in [6.07, 6.45) is 5.54. The first-order chi connectivity index (χ1) is 11.7. The Kier molecular flexibility index (Phi) is 2.96. The molecule has 3 aliphatic rings. The Morgan fingerprint density at radius 3 is 2.67 bits per heavy atom. The van der Waals surface area contributed by atoms with Gasteiger partial charge in [-0.1, -0.05) is 18.2 Å². The molecule has 2 heterocycles. The van der Waals surface area contributed by atoms with Gasteiger partial charge in [0.05, 0.1) is 6.54 Å². The highest BCUT2D eigenvalue weighted by atomic mass is 16.1. The van der Waals surface area contributed by atoms with E-state index in [1.54, 1.807) is 0 Å². The van der Waals surface area contributed by atoms with Gasteiger partial charge < -0.3 is 15.2 Å². The molecule has 1 aliphatic heterocycles. The van der Waals surface area contributed by atoms with E-state index in [-0.39, 0.29) is 11.9 Å². The fourth-order valence-corrected chi connectivity index (χ4v) is 3.85. The van der Waals surface area contributed by atoms with Crippen molar-refractivity contribution in [2.24, 2.45) is 5.73 Å². The van der Waals surface area contributed by atoms with Crippen molar-refractivity contribution >= 4 is 11.6 Å². The second-order valence-corrected chi connectivity index (χ2v) is 7.23. The van der Waals surface area contributed by atoms with Crippen LogP contribution in [0.1, 0.15) is 54.9 Å². The lowest BCUT2D eigenvalue weighted by Crippen LogP contribution is -2.42. The molecular formula is C18H21N5O. The minimum atomic E-state index is -0.295. The zero-order chi connectivity index (χ0) is 16.3. The molecule has 2 aliphatic carbocycles. The van der Waals surface area contributed by atoms with E-state index in [1.165, 1.54) is 31.2 Å². The lowest BCUT2D eigenvalue weighted by atomic mass is 10.1. The molecule has 1 aromatic heterocycles. The van der Waals surface area contributed by atoms with Crippen molar-refractivity contribution < 1.29 is 4.79 Å². The summed E-state index contributed by atoms with van der Waals surface area (Å²) in [7, 11) is 0. The Bertz CT molecular complexity index is 805. The van der Waals surface area contributed by atoms with Crippen LogP contribution < -0.4 is 10.6 Å². The van der Waals surface area contributed by atoms with Gasteiger partial charge in [-0.2, -0.15) is 0 Å². The van der Waals surface area contributed by atoms with Gasteiger partial charge in [-0.25, -0.2) is 0 Å². The van der Waals surface area contributed by atoms with Crippen LogP contribution in [0.5, 0.6) is 0 Å². The minimum Gasteiger partial charge on any atom is -0.368 e. The highest BCUT2D eigenvalue weighted by molar-refractivity contribution is 5.86. The summed E-state index contributed by atoms with van der Waals surface area (Å²) in [5, 5.41) is 8.97. The monoisotopic (exact) mass is 323 g/mol. The number of aromatic nitrogens is 3. The average Bonchev–Trinajstić information content (AvgIpc) is 3.51. The van der Waals surface area contributed by atoms with Gasteiger partial charge in [0.25, 0.3) is 0 Å². The highest BCUT2D eigenvalue weighted by Gasteiger charge is 2.38. The average molecular weight is 323 g/mol.